The third kappa shape index (κ3) is 18.3. The number of rotatable bonds is 20. The van der Waals surface area contributed by atoms with E-state index in [1.807, 2.05) is 0 Å². The topological polar surface area (TPSA) is 52.6 Å². The van der Waals surface area contributed by atoms with Crippen LogP contribution in [0.2, 0.25) is 0 Å². The molecule has 4 heteroatoms. The first kappa shape index (κ1) is 31.0. The molecule has 1 rings (SSSR count). The highest BCUT2D eigenvalue weighted by molar-refractivity contribution is 5.69. The van der Waals surface area contributed by atoms with E-state index < -0.39 is 0 Å². The van der Waals surface area contributed by atoms with Gasteiger partial charge in [0.25, 0.3) is 0 Å². The molecule has 2 atom stereocenters. The van der Waals surface area contributed by atoms with Crippen molar-refractivity contribution < 1.29 is 19.1 Å². The van der Waals surface area contributed by atoms with Crippen molar-refractivity contribution in [2.24, 2.45) is 23.7 Å². The van der Waals surface area contributed by atoms with E-state index in [2.05, 4.69) is 27.7 Å². The van der Waals surface area contributed by atoms with Gasteiger partial charge in [0.1, 0.15) is 0 Å². The van der Waals surface area contributed by atoms with Crippen molar-refractivity contribution in [2.45, 2.75) is 143 Å². The minimum Gasteiger partial charge on any atom is -0.465 e. The van der Waals surface area contributed by atoms with Gasteiger partial charge in [0.2, 0.25) is 0 Å². The molecule has 0 aromatic heterocycles. The molecule has 0 saturated heterocycles. The van der Waals surface area contributed by atoms with Gasteiger partial charge in [0.15, 0.2) is 0 Å². The molecule has 0 bridgehead atoms. The summed E-state index contributed by atoms with van der Waals surface area (Å²) in [5, 5.41) is 0. The number of carbonyl (C=O) groups is 2. The van der Waals surface area contributed by atoms with Crippen LogP contribution in [0.15, 0.2) is 0 Å². The van der Waals surface area contributed by atoms with Crippen LogP contribution < -0.4 is 0 Å². The molecule has 0 aromatic carbocycles. The number of carbonyl (C=O) groups excluding carboxylic acids is 2. The molecule has 1 saturated carbocycles. The Morgan fingerprint density at radius 3 is 1.41 bits per heavy atom. The van der Waals surface area contributed by atoms with Crippen molar-refractivity contribution in [3.63, 3.8) is 0 Å². The molecule has 0 radical (unpaired) electrons. The lowest BCUT2D eigenvalue weighted by molar-refractivity contribution is -0.146. The molecule has 0 aliphatic heterocycles. The summed E-state index contributed by atoms with van der Waals surface area (Å²) in [6, 6.07) is 0. The molecule has 0 heterocycles. The molecule has 2 unspecified atom stereocenters. The fourth-order valence-corrected chi connectivity index (χ4v) is 4.98. The summed E-state index contributed by atoms with van der Waals surface area (Å²) in [5.74, 6) is 2.34. The van der Waals surface area contributed by atoms with Gasteiger partial charge in [-0.1, -0.05) is 98.3 Å². The first-order valence-electron chi connectivity index (χ1n) is 14.7. The zero-order valence-corrected chi connectivity index (χ0v) is 23.1. The first-order chi connectivity index (χ1) is 16.4. The van der Waals surface area contributed by atoms with Gasteiger partial charge in [0.05, 0.1) is 13.2 Å². The third-order valence-electron chi connectivity index (χ3n) is 7.18. The van der Waals surface area contributed by atoms with Crippen LogP contribution in [-0.4, -0.2) is 25.2 Å². The summed E-state index contributed by atoms with van der Waals surface area (Å²) in [6.45, 7) is 10.2. The molecule has 34 heavy (non-hydrogen) atoms. The standard InChI is InChI=1S/C30H56O4/c1-25(2)16-11-7-5-9-13-20-29(31)33-23-27-18-15-19-28(22-27)24-34-30(32)21-14-10-6-8-12-17-26(3)4/h25-28H,5-24H2,1-4H3. The molecule has 0 spiro atoms. The third-order valence-corrected chi connectivity index (χ3v) is 7.18. The molecule has 200 valence electrons. The zero-order chi connectivity index (χ0) is 25.0. The number of hydrogen-bond donors (Lipinski definition) is 0. The maximum atomic E-state index is 12.1. The molecule has 0 amide bonds. The van der Waals surface area contributed by atoms with Crippen molar-refractivity contribution in [2.75, 3.05) is 13.2 Å². The van der Waals surface area contributed by atoms with Crippen LogP contribution in [0.1, 0.15) is 143 Å². The van der Waals surface area contributed by atoms with E-state index in [0.717, 1.165) is 63.2 Å². The fraction of sp³-hybridized carbons (Fsp3) is 0.933. The van der Waals surface area contributed by atoms with Gasteiger partial charge in [-0.15, -0.1) is 0 Å². The Kier molecular flexibility index (Phi) is 18.4. The quantitative estimate of drug-likeness (QED) is 0.129. The van der Waals surface area contributed by atoms with Crippen molar-refractivity contribution in [3.8, 4) is 0 Å². The smallest absolute Gasteiger partial charge is 0.305 e. The van der Waals surface area contributed by atoms with Gasteiger partial charge in [-0.05, 0) is 55.8 Å². The van der Waals surface area contributed by atoms with Crippen LogP contribution in [0.5, 0.6) is 0 Å². The molecule has 0 N–H and O–H groups in total. The highest BCUT2D eigenvalue weighted by Gasteiger charge is 2.24. The van der Waals surface area contributed by atoms with Gasteiger partial charge in [0, 0.05) is 12.8 Å². The molecule has 4 nitrogen and oxygen atoms in total. The summed E-state index contributed by atoms with van der Waals surface area (Å²) in [5.41, 5.74) is 0. The molecule has 1 fully saturated rings. The highest BCUT2D eigenvalue weighted by atomic mass is 16.5. The summed E-state index contributed by atoms with van der Waals surface area (Å²) in [6.07, 6.45) is 19.8. The lowest BCUT2D eigenvalue weighted by Crippen LogP contribution is -2.25. The van der Waals surface area contributed by atoms with Crippen molar-refractivity contribution >= 4 is 11.9 Å². The largest absolute Gasteiger partial charge is 0.465 e. The van der Waals surface area contributed by atoms with E-state index in [1.165, 1.54) is 51.4 Å². The van der Waals surface area contributed by atoms with E-state index >= 15 is 0 Å². The Hall–Kier alpha value is -1.06. The molecular weight excluding hydrogens is 424 g/mol. The average molecular weight is 481 g/mol. The summed E-state index contributed by atoms with van der Waals surface area (Å²) >= 11 is 0. The Balaban J connectivity index is 2.02. The zero-order valence-electron chi connectivity index (χ0n) is 23.1. The van der Waals surface area contributed by atoms with E-state index in [1.54, 1.807) is 0 Å². The molecule has 0 aromatic rings. The van der Waals surface area contributed by atoms with E-state index in [4.69, 9.17) is 9.47 Å². The molecule has 1 aliphatic carbocycles. The first-order valence-corrected chi connectivity index (χ1v) is 14.7. The van der Waals surface area contributed by atoms with Crippen LogP contribution in [-0.2, 0) is 19.1 Å². The van der Waals surface area contributed by atoms with Gasteiger partial charge < -0.3 is 9.47 Å². The lowest BCUT2D eigenvalue weighted by atomic mass is 9.82. The normalized spacial score (nSPS) is 18.4. The SMILES string of the molecule is CC(C)CCCCCCCC(=O)OCC1CCCC(COC(=O)CCCCCCCC(C)C)C1. The number of unbranched alkanes of at least 4 members (excludes halogenated alkanes) is 8. The highest BCUT2D eigenvalue weighted by Crippen LogP contribution is 2.29. The monoisotopic (exact) mass is 480 g/mol. The number of hydrogen-bond acceptors (Lipinski definition) is 4. The minimum atomic E-state index is -0.0417. The van der Waals surface area contributed by atoms with Crippen molar-refractivity contribution in [3.05, 3.63) is 0 Å². The second-order valence-electron chi connectivity index (χ2n) is 11.7. The van der Waals surface area contributed by atoms with Gasteiger partial charge in [-0.2, -0.15) is 0 Å². The average Bonchev–Trinajstić information content (AvgIpc) is 2.80. The Morgan fingerprint density at radius 1 is 0.618 bits per heavy atom. The Bertz CT molecular complexity index is 470. The van der Waals surface area contributed by atoms with Crippen LogP contribution in [0.25, 0.3) is 0 Å². The lowest BCUT2D eigenvalue weighted by Gasteiger charge is -2.28. The van der Waals surface area contributed by atoms with Gasteiger partial charge in [-0.25, -0.2) is 0 Å². The van der Waals surface area contributed by atoms with E-state index in [-0.39, 0.29) is 11.9 Å². The summed E-state index contributed by atoms with van der Waals surface area (Å²) in [7, 11) is 0. The van der Waals surface area contributed by atoms with Gasteiger partial charge in [-0.3, -0.25) is 9.59 Å². The van der Waals surface area contributed by atoms with E-state index in [9.17, 15) is 9.59 Å². The van der Waals surface area contributed by atoms with Gasteiger partial charge >= 0.3 is 11.9 Å². The van der Waals surface area contributed by atoms with Crippen LogP contribution in [0.3, 0.4) is 0 Å². The Labute approximate surface area is 211 Å². The fourth-order valence-electron chi connectivity index (χ4n) is 4.98. The number of esters is 2. The van der Waals surface area contributed by atoms with Crippen molar-refractivity contribution in [1.82, 2.24) is 0 Å². The van der Waals surface area contributed by atoms with E-state index in [0.29, 0.717) is 37.9 Å². The minimum absolute atomic E-state index is 0.0417. The second-order valence-corrected chi connectivity index (χ2v) is 11.7. The predicted octanol–water partition coefficient (Wildman–Crippen LogP) is 8.65. The predicted molar refractivity (Wildman–Crippen MR) is 142 cm³/mol. The Morgan fingerprint density at radius 2 is 1.00 bits per heavy atom. The van der Waals surface area contributed by atoms with Crippen LogP contribution >= 0.6 is 0 Å². The summed E-state index contributed by atoms with van der Waals surface area (Å²) < 4.78 is 11.1. The van der Waals surface area contributed by atoms with Crippen LogP contribution in [0.4, 0.5) is 0 Å². The summed E-state index contributed by atoms with van der Waals surface area (Å²) in [4.78, 5) is 24.2. The molecule has 1 aliphatic rings. The number of ether oxygens (including phenoxy) is 2. The maximum Gasteiger partial charge on any atom is 0.305 e. The van der Waals surface area contributed by atoms with Crippen LogP contribution in [0, 0.1) is 23.7 Å². The second kappa shape index (κ2) is 20.2. The van der Waals surface area contributed by atoms with Crippen molar-refractivity contribution in [1.29, 1.82) is 0 Å². The molecular formula is C30H56O4. The maximum absolute atomic E-state index is 12.1.